The Hall–Kier alpha value is -1.43. The lowest BCUT2D eigenvalue weighted by Gasteiger charge is -2.37. The zero-order valence-corrected chi connectivity index (χ0v) is 11.2. The molecule has 0 bridgehead atoms. The van der Waals surface area contributed by atoms with E-state index in [1.807, 2.05) is 4.90 Å². The molecule has 0 aliphatic carbocycles. The van der Waals surface area contributed by atoms with E-state index in [1.54, 1.807) is 13.8 Å². The van der Waals surface area contributed by atoms with Gasteiger partial charge in [0.1, 0.15) is 5.78 Å². The van der Waals surface area contributed by atoms with Crippen LogP contribution in [0.2, 0.25) is 0 Å². The van der Waals surface area contributed by atoms with Gasteiger partial charge in [-0.1, -0.05) is 6.42 Å². The molecule has 2 atom stereocenters. The van der Waals surface area contributed by atoms with Gasteiger partial charge >= 0.3 is 6.03 Å². The third-order valence-electron chi connectivity index (χ3n) is 3.35. The highest BCUT2D eigenvalue weighted by Crippen LogP contribution is 2.20. The third-order valence-corrected chi connectivity index (χ3v) is 3.35. The molecule has 0 saturated carbocycles. The number of hydrogen-bond donors (Lipinski definition) is 2. The fraction of sp³-hybridized carbons (Fsp3) is 0.750. The fourth-order valence-corrected chi connectivity index (χ4v) is 2.28. The number of carbonyl (C=O) groups is 3. The van der Waals surface area contributed by atoms with Crippen molar-refractivity contribution in [3.63, 3.8) is 0 Å². The van der Waals surface area contributed by atoms with Crippen LogP contribution in [0.4, 0.5) is 4.79 Å². The van der Waals surface area contributed by atoms with Crippen molar-refractivity contribution >= 4 is 17.7 Å². The number of urea groups is 1. The minimum atomic E-state index is -0.525. The molecule has 0 radical (unpaired) electrons. The second kappa shape index (κ2) is 6.49. The highest BCUT2D eigenvalue weighted by Gasteiger charge is 2.33. The van der Waals surface area contributed by atoms with Crippen LogP contribution in [0.1, 0.15) is 33.1 Å². The van der Waals surface area contributed by atoms with Crippen LogP contribution in [0.25, 0.3) is 0 Å². The molecular weight excluding hydrogens is 234 g/mol. The Morgan fingerprint density at radius 3 is 2.50 bits per heavy atom. The van der Waals surface area contributed by atoms with Crippen LogP contribution in [0.3, 0.4) is 0 Å². The predicted molar refractivity (Wildman–Crippen MR) is 67.1 cm³/mol. The Balaban J connectivity index is 2.67. The highest BCUT2D eigenvalue weighted by atomic mass is 16.2. The minimum Gasteiger partial charge on any atom is -0.341 e. The zero-order valence-electron chi connectivity index (χ0n) is 11.2. The van der Waals surface area contributed by atoms with E-state index in [0.29, 0.717) is 6.54 Å². The van der Waals surface area contributed by atoms with Crippen LogP contribution in [0.15, 0.2) is 0 Å². The molecular formula is C12H21N3O3. The van der Waals surface area contributed by atoms with Crippen molar-refractivity contribution < 1.29 is 14.4 Å². The molecule has 2 unspecified atom stereocenters. The van der Waals surface area contributed by atoms with Gasteiger partial charge in [0.05, 0.1) is 12.1 Å². The molecule has 18 heavy (non-hydrogen) atoms. The Labute approximate surface area is 107 Å². The van der Waals surface area contributed by atoms with Crippen LogP contribution in [-0.2, 0) is 9.59 Å². The standard InChI is InChI=1S/C12H21N3O3/c1-8(11(17)14-12(18)13-3)15-7-5-4-6-10(15)9(2)16/h8,10H,4-7H2,1-3H3,(H2,13,14,17,18). The topological polar surface area (TPSA) is 78.5 Å². The maximum absolute atomic E-state index is 11.9. The quantitative estimate of drug-likeness (QED) is 0.759. The number of Topliss-reactive ketones (excluding diaryl/α,β-unsaturated/α-hetero) is 1. The Morgan fingerprint density at radius 2 is 1.94 bits per heavy atom. The number of hydrogen-bond acceptors (Lipinski definition) is 4. The molecule has 1 aliphatic rings. The van der Waals surface area contributed by atoms with E-state index in [9.17, 15) is 14.4 Å². The van der Waals surface area contributed by atoms with E-state index in [1.165, 1.54) is 7.05 Å². The van der Waals surface area contributed by atoms with E-state index < -0.39 is 12.1 Å². The Bertz CT molecular complexity index is 343. The lowest BCUT2D eigenvalue weighted by atomic mass is 9.97. The summed E-state index contributed by atoms with van der Waals surface area (Å²) in [4.78, 5) is 36.4. The third kappa shape index (κ3) is 3.53. The van der Waals surface area contributed by atoms with Crippen molar-refractivity contribution in [1.29, 1.82) is 0 Å². The SMILES string of the molecule is CNC(=O)NC(=O)C(C)N1CCCCC1C(C)=O. The molecule has 1 aliphatic heterocycles. The average Bonchev–Trinajstić information content (AvgIpc) is 2.37. The van der Waals surface area contributed by atoms with E-state index >= 15 is 0 Å². The summed E-state index contributed by atoms with van der Waals surface area (Å²) in [6.07, 6.45) is 2.76. The van der Waals surface area contributed by atoms with E-state index in [4.69, 9.17) is 0 Å². The van der Waals surface area contributed by atoms with Gasteiger partial charge < -0.3 is 5.32 Å². The van der Waals surface area contributed by atoms with Crippen LogP contribution in [-0.4, -0.2) is 48.3 Å². The molecule has 6 nitrogen and oxygen atoms in total. The number of likely N-dealkylation sites (tertiary alicyclic amines) is 1. The molecule has 1 fully saturated rings. The summed E-state index contributed by atoms with van der Waals surface area (Å²) in [6, 6.07) is -1.20. The van der Waals surface area contributed by atoms with Crippen LogP contribution < -0.4 is 10.6 Å². The van der Waals surface area contributed by atoms with E-state index in [2.05, 4.69) is 10.6 Å². The summed E-state index contributed by atoms with van der Waals surface area (Å²) in [5.74, 6) is -0.295. The molecule has 0 aromatic heterocycles. The Kier molecular flexibility index (Phi) is 5.27. The molecule has 1 heterocycles. The van der Waals surface area contributed by atoms with Crippen molar-refractivity contribution in [2.24, 2.45) is 0 Å². The van der Waals surface area contributed by atoms with Gasteiger partial charge in [-0.05, 0) is 33.2 Å². The number of ketones is 1. The first-order valence-electron chi connectivity index (χ1n) is 6.26. The highest BCUT2D eigenvalue weighted by molar-refractivity contribution is 5.97. The van der Waals surface area contributed by atoms with Crippen molar-refractivity contribution in [1.82, 2.24) is 15.5 Å². The van der Waals surface area contributed by atoms with Gasteiger partial charge in [-0.15, -0.1) is 0 Å². The molecule has 102 valence electrons. The lowest BCUT2D eigenvalue weighted by molar-refractivity contribution is -0.130. The van der Waals surface area contributed by atoms with Gasteiger partial charge in [-0.3, -0.25) is 19.8 Å². The van der Waals surface area contributed by atoms with Gasteiger partial charge in [0.2, 0.25) is 5.91 Å². The normalized spacial score (nSPS) is 22.1. The summed E-state index contributed by atoms with van der Waals surface area (Å²) >= 11 is 0. The molecule has 0 aromatic carbocycles. The number of imide groups is 1. The van der Waals surface area contributed by atoms with Crippen LogP contribution >= 0.6 is 0 Å². The number of amides is 3. The number of nitrogens with one attached hydrogen (secondary N) is 2. The van der Waals surface area contributed by atoms with Gasteiger partial charge in [0.25, 0.3) is 0 Å². The Morgan fingerprint density at radius 1 is 1.28 bits per heavy atom. The minimum absolute atomic E-state index is 0.0780. The van der Waals surface area contributed by atoms with Crippen molar-refractivity contribution in [2.45, 2.75) is 45.2 Å². The average molecular weight is 255 g/mol. The van der Waals surface area contributed by atoms with E-state index in [-0.39, 0.29) is 17.7 Å². The van der Waals surface area contributed by atoms with Crippen molar-refractivity contribution in [3.05, 3.63) is 0 Å². The molecule has 0 spiro atoms. The molecule has 6 heteroatoms. The zero-order chi connectivity index (χ0) is 13.7. The molecule has 2 N–H and O–H groups in total. The summed E-state index contributed by atoms with van der Waals surface area (Å²) in [5, 5.41) is 4.58. The summed E-state index contributed by atoms with van der Waals surface area (Å²) in [6.45, 7) is 3.98. The van der Waals surface area contributed by atoms with Gasteiger partial charge in [-0.2, -0.15) is 0 Å². The maximum atomic E-state index is 11.9. The smallest absolute Gasteiger partial charge is 0.321 e. The summed E-state index contributed by atoms with van der Waals surface area (Å²) in [7, 11) is 1.45. The predicted octanol–water partition coefficient (Wildman–Crippen LogP) is 0.274. The summed E-state index contributed by atoms with van der Waals surface area (Å²) < 4.78 is 0. The molecule has 0 aromatic rings. The number of carbonyl (C=O) groups excluding carboxylic acids is 3. The van der Waals surface area contributed by atoms with Gasteiger partial charge in [0.15, 0.2) is 0 Å². The number of piperidine rings is 1. The molecule has 1 rings (SSSR count). The van der Waals surface area contributed by atoms with Gasteiger partial charge in [-0.25, -0.2) is 4.79 Å². The van der Waals surface area contributed by atoms with Crippen molar-refractivity contribution in [2.75, 3.05) is 13.6 Å². The molecule has 1 saturated heterocycles. The molecule has 3 amide bonds. The van der Waals surface area contributed by atoms with Crippen LogP contribution in [0, 0.1) is 0 Å². The lowest BCUT2D eigenvalue weighted by Crippen LogP contribution is -2.55. The first-order chi connectivity index (χ1) is 8.47. The number of nitrogens with zero attached hydrogens (tertiary/aromatic N) is 1. The van der Waals surface area contributed by atoms with E-state index in [0.717, 1.165) is 19.3 Å². The number of rotatable bonds is 3. The second-order valence-electron chi connectivity index (χ2n) is 4.60. The summed E-state index contributed by atoms with van der Waals surface area (Å²) in [5.41, 5.74) is 0. The largest absolute Gasteiger partial charge is 0.341 e. The first-order valence-corrected chi connectivity index (χ1v) is 6.26. The monoisotopic (exact) mass is 255 g/mol. The van der Waals surface area contributed by atoms with Gasteiger partial charge in [0, 0.05) is 7.05 Å². The second-order valence-corrected chi connectivity index (χ2v) is 4.60. The first kappa shape index (κ1) is 14.6. The maximum Gasteiger partial charge on any atom is 0.321 e. The fourth-order valence-electron chi connectivity index (χ4n) is 2.28. The van der Waals surface area contributed by atoms with Crippen molar-refractivity contribution in [3.8, 4) is 0 Å². The van der Waals surface area contributed by atoms with Crippen LogP contribution in [0.5, 0.6) is 0 Å².